The Morgan fingerprint density at radius 3 is 3.00 bits per heavy atom. The van der Waals surface area contributed by atoms with Gasteiger partial charge in [-0.1, -0.05) is 6.07 Å². The Bertz CT molecular complexity index is 500. The zero-order valence-electron chi connectivity index (χ0n) is 9.82. The number of hydrogen-bond acceptors (Lipinski definition) is 2. The quantitative estimate of drug-likeness (QED) is 0.752. The van der Waals surface area contributed by atoms with E-state index in [-0.39, 0.29) is 6.10 Å². The molecule has 2 aromatic rings. The third-order valence-electron chi connectivity index (χ3n) is 3.59. The number of rotatable bonds is 4. The lowest BCUT2D eigenvalue weighted by molar-refractivity contribution is 0.0430. The van der Waals surface area contributed by atoms with Crippen LogP contribution in [0.4, 0.5) is 0 Å². The summed E-state index contributed by atoms with van der Waals surface area (Å²) in [7, 11) is 0. The molecule has 3 rings (SSSR count). The Balaban J connectivity index is 1.53. The van der Waals surface area contributed by atoms with E-state index in [0.717, 1.165) is 25.9 Å². The van der Waals surface area contributed by atoms with Gasteiger partial charge < -0.3 is 15.4 Å². The molecule has 1 heterocycles. The molecule has 0 spiro atoms. The molecule has 1 fully saturated rings. The first-order chi connectivity index (χ1) is 8.31. The van der Waals surface area contributed by atoms with Gasteiger partial charge in [-0.15, -0.1) is 0 Å². The molecule has 1 aliphatic carbocycles. The van der Waals surface area contributed by atoms with Crippen molar-refractivity contribution in [2.24, 2.45) is 5.92 Å². The van der Waals surface area contributed by atoms with Crippen LogP contribution in [0.2, 0.25) is 0 Å². The molecule has 90 valence electrons. The Kier molecular flexibility index (Phi) is 2.87. The van der Waals surface area contributed by atoms with Crippen LogP contribution in [0.25, 0.3) is 10.9 Å². The summed E-state index contributed by atoms with van der Waals surface area (Å²) >= 11 is 0. The molecule has 3 heteroatoms. The van der Waals surface area contributed by atoms with Crippen LogP contribution in [0.3, 0.4) is 0 Å². The first-order valence-corrected chi connectivity index (χ1v) is 6.26. The van der Waals surface area contributed by atoms with Gasteiger partial charge in [0.25, 0.3) is 0 Å². The first-order valence-electron chi connectivity index (χ1n) is 6.26. The van der Waals surface area contributed by atoms with Gasteiger partial charge in [-0.25, -0.2) is 0 Å². The van der Waals surface area contributed by atoms with Gasteiger partial charge in [0.15, 0.2) is 0 Å². The van der Waals surface area contributed by atoms with Crippen molar-refractivity contribution in [3.05, 3.63) is 36.0 Å². The van der Waals surface area contributed by atoms with Gasteiger partial charge in [-0.05, 0) is 54.5 Å². The highest BCUT2D eigenvalue weighted by molar-refractivity contribution is 5.79. The second kappa shape index (κ2) is 4.51. The molecule has 1 aromatic carbocycles. The first kappa shape index (κ1) is 10.8. The predicted molar refractivity (Wildman–Crippen MR) is 68.7 cm³/mol. The van der Waals surface area contributed by atoms with Gasteiger partial charge in [0, 0.05) is 18.3 Å². The van der Waals surface area contributed by atoms with Crippen LogP contribution < -0.4 is 5.32 Å². The van der Waals surface area contributed by atoms with E-state index >= 15 is 0 Å². The van der Waals surface area contributed by atoms with Crippen molar-refractivity contribution in [1.29, 1.82) is 0 Å². The monoisotopic (exact) mass is 230 g/mol. The van der Waals surface area contributed by atoms with Gasteiger partial charge in [-0.2, -0.15) is 0 Å². The summed E-state index contributed by atoms with van der Waals surface area (Å²) < 4.78 is 0. The summed E-state index contributed by atoms with van der Waals surface area (Å²) in [5.74, 6) is 0.668. The van der Waals surface area contributed by atoms with Crippen LogP contribution in [0.5, 0.6) is 0 Å². The zero-order valence-corrected chi connectivity index (χ0v) is 9.82. The standard InChI is InChI=1S/C14H18N2O/c17-13-6-11(7-13)9-15-8-10-1-2-14-12(5-10)3-4-16-14/h1-5,11,13,15-17H,6-9H2. The summed E-state index contributed by atoms with van der Waals surface area (Å²) in [5.41, 5.74) is 2.51. The summed E-state index contributed by atoms with van der Waals surface area (Å²) in [5, 5.41) is 13.9. The largest absolute Gasteiger partial charge is 0.393 e. The van der Waals surface area contributed by atoms with Crippen LogP contribution in [0.15, 0.2) is 30.5 Å². The number of aromatic amines is 1. The van der Waals surface area contributed by atoms with Gasteiger partial charge in [0.05, 0.1) is 6.10 Å². The molecule has 0 saturated heterocycles. The van der Waals surface area contributed by atoms with Crippen LogP contribution in [0, 0.1) is 5.92 Å². The number of hydrogen-bond donors (Lipinski definition) is 3. The average molecular weight is 230 g/mol. The maximum absolute atomic E-state index is 9.20. The molecule has 17 heavy (non-hydrogen) atoms. The number of H-pyrrole nitrogens is 1. The maximum Gasteiger partial charge on any atom is 0.0546 e. The Morgan fingerprint density at radius 1 is 1.29 bits per heavy atom. The van der Waals surface area contributed by atoms with Crippen LogP contribution in [-0.2, 0) is 6.54 Å². The van der Waals surface area contributed by atoms with E-state index in [4.69, 9.17) is 0 Å². The third-order valence-corrected chi connectivity index (χ3v) is 3.59. The smallest absolute Gasteiger partial charge is 0.0546 e. The zero-order chi connectivity index (χ0) is 11.7. The predicted octanol–water partition coefficient (Wildman–Crippen LogP) is 2.03. The lowest BCUT2D eigenvalue weighted by Gasteiger charge is -2.31. The molecule has 1 aromatic heterocycles. The van der Waals surface area contributed by atoms with Crippen LogP contribution >= 0.6 is 0 Å². The summed E-state index contributed by atoms with van der Waals surface area (Å²) in [6.07, 6.45) is 3.85. The number of benzene rings is 1. The van der Waals surface area contributed by atoms with Gasteiger partial charge in [-0.3, -0.25) is 0 Å². The third kappa shape index (κ3) is 2.35. The normalized spacial score (nSPS) is 23.8. The summed E-state index contributed by atoms with van der Waals surface area (Å²) in [4.78, 5) is 3.20. The minimum absolute atomic E-state index is 0.0435. The van der Waals surface area contributed by atoms with Gasteiger partial charge in [0.1, 0.15) is 0 Å². The van der Waals surface area contributed by atoms with Gasteiger partial charge in [0.2, 0.25) is 0 Å². The molecule has 1 saturated carbocycles. The molecule has 0 bridgehead atoms. The summed E-state index contributed by atoms with van der Waals surface area (Å²) in [6, 6.07) is 8.59. The van der Waals surface area contributed by atoms with Crippen LogP contribution in [0.1, 0.15) is 18.4 Å². The molecule has 3 N–H and O–H groups in total. The van der Waals surface area contributed by atoms with Crippen molar-refractivity contribution in [2.75, 3.05) is 6.54 Å². The van der Waals surface area contributed by atoms with E-state index in [2.05, 4.69) is 34.6 Å². The van der Waals surface area contributed by atoms with Crippen molar-refractivity contribution in [1.82, 2.24) is 10.3 Å². The van der Waals surface area contributed by atoms with Gasteiger partial charge >= 0.3 is 0 Å². The van der Waals surface area contributed by atoms with E-state index in [0.29, 0.717) is 5.92 Å². The summed E-state index contributed by atoms with van der Waals surface area (Å²) in [6.45, 7) is 1.93. The van der Waals surface area contributed by atoms with E-state index in [1.807, 2.05) is 6.20 Å². The molecular weight excluding hydrogens is 212 g/mol. The Morgan fingerprint density at radius 2 is 2.18 bits per heavy atom. The fraction of sp³-hybridized carbons (Fsp3) is 0.429. The molecule has 0 amide bonds. The number of aliphatic hydroxyl groups excluding tert-OH is 1. The topological polar surface area (TPSA) is 48.0 Å². The molecule has 0 aliphatic heterocycles. The second-order valence-corrected chi connectivity index (χ2v) is 5.02. The molecular formula is C14H18N2O. The van der Waals surface area contributed by atoms with E-state index in [1.54, 1.807) is 0 Å². The lowest BCUT2D eigenvalue weighted by atomic mass is 9.82. The highest BCUT2D eigenvalue weighted by Crippen LogP contribution is 2.26. The number of aromatic nitrogens is 1. The minimum atomic E-state index is -0.0435. The fourth-order valence-electron chi connectivity index (χ4n) is 2.50. The highest BCUT2D eigenvalue weighted by Gasteiger charge is 2.26. The lowest BCUT2D eigenvalue weighted by Crippen LogP contribution is -2.35. The van der Waals surface area contributed by atoms with Crippen LogP contribution in [-0.4, -0.2) is 22.7 Å². The van der Waals surface area contributed by atoms with E-state index in [1.165, 1.54) is 16.5 Å². The van der Waals surface area contributed by atoms with Crippen molar-refractivity contribution >= 4 is 10.9 Å². The minimum Gasteiger partial charge on any atom is -0.393 e. The number of fused-ring (bicyclic) bond motifs is 1. The molecule has 0 unspecified atom stereocenters. The number of nitrogens with one attached hydrogen (secondary N) is 2. The molecule has 3 nitrogen and oxygen atoms in total. The van der Waals surface area contributed by atoms with Crippen molar-refractivity contribution in [3.63, 3.8) is 0 Å². The average Bonchev–Trinajstić information content (AvgIpc) is 2.73. The Labute approximate surface area is 101 Å². The molecule has 0 atom stereocenters. The number of aliphatic hydroxyl groups is 1. The SMILES string of the molecule is OC1CC(CNCc2ccc3[nH]ccc3c2)C1. The van der Waals surface area contributed by atoms with Crippen molar-refractivity contribution in [2.45, 2.75) is 25.5 Å². The molecule has 0 radical (unpaired) electrons. The van der Waals surface area contributed by atoms with E-state index < -0.39 is 0 Å². The maximum atomic E-state index is 9.20. The van der Waals surface area contributed by atoms with Crippen molar-refractivity contribution in [3.8, 4) is 0 Å². The Hall–Kier alpha value is -1.32. The second-order valence-electron chi connectivity index (χ2n) is 5.02. The van der Waals surface area contributed by atoms with Crippen molar-refractivity contribution < 1.29 is 5.11 Å². The fourth-order valence-corrected chi connectivity index (χ4v) is 2.50. The highest BCUT2D eigenvalue weighted by atomic mass is 16.3. The van der Waals surface area contributed by atoms with E-state index in [9.17, 15) is 5.11 Å². The molecule has 1 aliphatic rings.